The summed E-state index contributed by atoms with van der Waals surface area (Å²) in [6.45, 7) is 7.07. The smallest absolute Gasteiger partial charge is 0.133 e. The maximum absolute atomic E-state index is 6.17. The van der Waals surface area contributed by atoms with E-state index < -0.39 is 0 Å². The molecule has 1 N–H and O–H groups in total. The molecule has 0 aromatic heterocycles. The monoisotopic (exact) mass is 277 g/mol. The Hall–Kier alpha value is -0.930. The van der Waals surface area contributed by atoms with Crippen LogP contribution >= 0.6 is 11.8 Å². The Balaban J connectivity index is 2.00. The van der Waals surface area contributed by atoms with Gasteiger partial charge in [0.15, 0.2) is 0 Å². The van der Waals surface area contributed by atoms with Gasteiger partial charge in [0.1, 0.15) is 11.9 Å². The number of rotatable bonds is 7. The highest BCUT2D eigenvalue weighted by molar-refractivity contribution is 7.99. The van der Waals surface area contributed by atoms with Crippen molar-refractivity contribution in [2.75, 3.05) is 12.3 Å². The lowest BCUT2D eigenvalue weighted by molar-refractivity contribution is 0.161. The zero-order valence-electron chi connectivity index (χ0n) is 11.6. The SMILES string of the molecule is C=CCCC(NCCC)C1CSc2ccccc2O1. The predicted octanol–water partition coefficient (Wildman–Crippen LogP) is 3.87. The second kappa shape index (κ2) is 7.61. The molecule has 19 heavy (non-hydrogen) atoms. The van der Waals surface area contributed by atoms with Crippen LogP contribution in [0.3, 0.4) is 0 Å². The third kappa shape index (κ3) is 4.02. The first kappa shape index (κ1) is 14.5. The van der Waals surface area contributed by atoms with Crippen molar-refractivity contribution in [2.24, 2.45) is 0 Å². The van der Waals surface area contributed by atoms with Gasteiger partial charge in [-0.3, -0.25) is 0 Å². The Labute approximate surface area is 120 Å². The average Bonchev–Trinajstić information content (AvgIpc) is 2.47. The lowest BCUT2D eigenvalue weighted by atomic mass is 10.1. The maximum Gasteiger partial charge on any atom is 0.133 e. The molecule has 2 rings (SSSR count). The number of thioether (sulfide) groups is 1. The molecular formula is C16H23NOS. The molecule has 0 aliphatic carbocycles. The Kier molecular flexibility index (Phi) is 5.80. The number of hydrogen-bond acceptors (Lipinski definition) is 3. The first-order chi connectivity index (χ1) is 9.35. The summed E-state index contributed by atoms with van der Waals surface area (Å²) >= 11 is 1.90. The van der Waals surface area contributed by atoms with Crippen LogP contribution in [0.25, 0.3) is 0 Å². The quantitative estimate of drug-likeness (QED) is 0.764. The van der Waals surface area contributed by atoms with Gasteiger partial charge in [-0.25, -0.2) is 0 Å². The predicted molar refractivity (Wildman–Crippen MR) is 83.1 cm³/mol. The van der Waals surface area contributed by atoms with Gasteiger partial charge in [-0.1, -0.05) is 25.1 Å². The van der Waals surface area contributed by atoms with Gasteiger partial charge in [-0.05, 0) is 37.9 Å². The molecule has 0 radical (unpaired) electrons. The first-order valence-corrected chi connectivity index (χ1v) is 8.06. The number of ether oxygens (including phenoxy) is 1. The van der Waals surface area contributed by atoms with Gasteiger partial charge in [-0.15, -0.1) is 18.3 Å². The molecule has 0 bridgehead atoms. The molecule has 2 unspecified atom stereocenters. The summed E-state index contributed by atoms with van der Waals surface area (Å²) in [5, 5.41) is 3.62. The summed E-state index contributed by atoms with van der Waals surface area (Å²) in [6.07, 6.45) is 5.53. The Morgan fingerprint density at radius 1 is 1.53 bits per heavy atom. The van der Waals surface area contributed by atoms with Gasteiger partial charge in [0.05, 0.1) is 0 Å². The molecule has 0 saturated heterocycles. The van der Waals surface area contributed by atoms with Crippen LogP contribution in [0, 0.1) is 0 Å². The molecule has 2 atom stereocenters. The second-order valence-corrected chi connectivity index (χ2v) is 5.90. The Bertz CT molecular complexity index is 407. The summed E-state index contributed by atoms with van der Waals surface area (Å²) in [5.74, 6) is 2.06. The van der Waals surface area contributed by atoms with Crippen LogP contribution in [0.5, 0.6) is 5.75 Å². The summed E-state index contributed by atoms with van der Waals surface area (Å²) in [7, 11) is 0. The minimum absolute atomic E-state index is 0.256. The summed E-state index contributed by atoms with van der Waals surface area (Å²) in [4.78, 5) is 1.26. The molecule has 0 saturated carbocycles. The van der Waals surface area contributed by atoms with Crippen LogP contribution in [0.1, 0.15) is 26.2 Å². The molecular weight excluding hydrogens is 254 g/mol. The van der Waals surface area contributed by atoms with Crippen molar-refractivity contribution in [1.29, 1.82) is 0 Å². The Morgan fingerprint density at radius 3 is 3.16 bits per heavy atom. The second-order valence-electron chi connectivity index (χ2n) is 4.84. The maximum atomic E-state index is 6.17. The zero-order chi connectivity index (χ0) is 13.5. The van der Waals surface area contributed by atoms with E-state index in [0.29, 0.717) is 6.04 Å². The highest BCUT2D eigenvalue weighted by atomic mass is 32.2. The fourth-order valence-electron chi connectivity index (χ4n) is 2.28. The highest BCUT2D eigenvalue weighted by Crippen LogP contribution is 2.36. The van der Waals surface area contributed by atoms with Crippen LogP contribution < -0.4 is 10.1 Å². The van der Waals surface area contributed by atoms with Crippen molar-refractivity contribution in [1.82, 2.24) is 5.32 Å². The van der Waals surface area contributed by atoms with Crippen molar-refractivity contribution < 1.29 is 4.74 Å². The first-order valence-electron chi connectivity index (χ1n) is 7.08. The molecule has 104 valence electrons. The van der Waals surface area contributed by atoms with E-state index in [-0.39, 0.29) is 6.10 Å². The number of hydrogen-bond donors (Lipinski definition) is 1. The third-order valence-electron chi connectivity index (χ3n) is 3.32. The van der Waals surface area contributed by atoms with Crippen LogP contribution in [-0.2, 0) is 0 Å². The van der Waals surface area contributed by atoms with E-state index >= 15 is 0 Å². The van der Waals surface area contributed by atoms with Gasteiger partial charge in [0.2, 0.25) is 0 Å². The molecule has 1 heterocycles. The third-order valence-corrected chi connectivity index (χ3v) is 4.46. The topological polar surface area (TPSA) is 21.3 Å². The molecule has 0 fully saturated rings. The van der Waals surface area contributed by atoms with Gasteiger partial charge in [0.25, 0.3) is 0 Å². The standard InChI is InChI=1S/C16H23NOS/c1-3-5-8-13(17-11-4-2)15-12-19-16-10-7-6-9-14(16)18-15/h3,6-7,9-10,13,15,17H,1,4-5,8,11-12H2,2H3. The summed E-state index contributed by atoms with van der Waals surface area (Å²) < 4.78 is 6.17. The summed E-state index contributed by atoms with van der Waals surface area (Å²) in [5.41, 5.74) is 0. The number of para-hydroxylation sites is 1. The highest BCUT2D eigenvalue weighted by Gasteiger charge is 2.27. The molecule has 1 aromatic rings. The van der Waals surface area contributed by atoms with E-state index in [1.165, 1.54) is 4.90 Å². The van der Waals surface area contributed by atoms with E-state index in [1.807, 2.05) is 23.9 Å². The van der Waals surface area contributed by atoms with Gasteiger partial charge in [-0.2, -0.15) is 0 Å². The number of fused-ring (bicyclic) bond motifs is 1. The number of allylic oxidation sites excluding steroid dienone is 1. The summed E-state index contributed by atoms with van der Waals surface area (Å²) in [6, 6.07) is 8.73. The van der Waals surface area contributed by atoms with E-state index in [2.05, 4.69) is 37.0 Å². The molecule has 3 heteroatoms. The molecule has 0 amide bonds. The fourth-order valence-corrected chi connectivity index (χ4v) is 3.36. The lowest BCUT2D eigenvalue weighted by Crippen LogP contribution is -2.45. The Morgan fingerprint density at radius 2 is 2.37 bits per heavy atom. The van der Waals surface area contributed by atoms with Gasteiger partial charge >= 0.3 is 0 Å². The van der Waals surface area contributed by atoms with Gasteiger partial charge in [0, 0.05) is 16.7 Å². The normalized spacial score (nSPS) is 19.3. The van der Waals surface area contributed by atoms with Crippen molar-refractivity contribution in [3.8, 4) is 5.75 Å². The van der Waals surface area contributed by atoms with Crippen molar-refractivity contribution in [2.45, 2.75) is 43.2 Å². The van der Waals surface area contributed by atoms with E-state index in [9.17, 15) is 0 Å². The van der Waals surface area contributed by atoms with Crippen LogP contribution in [0.4, 0.5) is 0 Å². The minimum atomic E-state index is 0.256. The van der Waals surface area contributed by atoms with Gasteiger partial charge < -0.3 is 10.1 Å². The number of benzene rings is 1. The molecule has 1 aromatic carbocycles. The molecule has 2 nitrogen and oxygen atoms in total. The van der Waals surface area contributed by atoms with Crippen molar-refractivity contribution in [3.63, 3.8) is 0 Å². The van der Waals surface area contributed by atoms with E-state index in [0.717, 1.165) is 37.3 Å². The fraction of sp³-hybridized carbons (Fsp3) is 0.500. The lowest BCUT2D eigenvalue weighted by Gasteiger charge is -2.32. The zero-order valence-corrected chi connectivity index (χ0v) is 12.4. The van der Waals surface area contributed by atoms with Crippen LogP contribution in [0.2, 0.25) is 0 Å². The average molecular weight is 277 g/mol. The van der Waals surface area contributed by atoms with E-state index in [4.69, 9.17) is 4.74 Å². The minimum Gasteiger partial charge on any atom is -0.487 e. The van der Waals surface area contributed by atoms with Crippen molar-refractivity contribution in [3.05, 3.63) is 36.9 Å². The largest absolute Gasteiger partial charge is 0.487 e. The molecule has 1 aliphatic heterocycles. The van der Waals surface area contributed by atoms with Crippen LogP contribution in [0.15, 0.2) is 41.8 Å². The number of nitrogens with one attached hydrogen (secondary N) is 1. The van der Waals surface area contributed by atoms with Crippen molar-refractivity contribution >= 4 is 11.8 Å². The van der Waals surface area contributed by atoms with E-state index in [1.54, 1.807) is 0 Å². The van der Waals surface area contributed by atoms with Crippen LogP contribution in [-0.4, -0.2) is 24.4 Å². The molecule has 0 spiro atoms. The molecule has 1 aliphatic rings.